The SMILES string of the molecule is CC1CC(Nc2ccccc2CO)CN1C1CC1. The van der Waals surface area contributed by atoms with Gasteiger partial charge in [-0.25, -0.2) is 0 Å². The summed E-state index contributed by atoms with van der Waals surface area (Å²) >= 11 is 0. The zero-order valence-electron chi connectivity index (χ0n) is 11.0. The summed E-state index contributed by atoms with van der Waals surface area (Å²) < 4.78 is 0. The van der Waals surface area contributed by atoms with Crippen molar-refractivity contribution >= 4 is 5.69 Å². The maximum atomic E-state index is 9.34. The molecule has 0 amide bonds. The van der Waals surface area contributed by atoms with E-state index in [4.69, 9.17) is 0 Å². The second-order valence-electron chi connectivity index (χ2n) is 5.67. The lowest BCUT2D eigenvalue weighted by atomic mass is 10.1. The van der Waals surface area contributed by atoms with Crippen LogP contribution in [-0.2, 0) is 6.61 Å². The normalized spacial score (nSPS) is 28.6. The van der Waals surface area contributed by atoms with Crippen LogP contribution in [0.2, 0.25) is 0 Å². The number of nitrogens with one attached hydrogen (secondary N) is 1. The van der Waals surface area contributed by atoms with Gasteiger partial charge in [0.05, 0.1) is 6.61 Å². The van der Waals surface area contributed by atoms with Gasteiger partial charge in [-0.15, -0.1) is 0 Å². The summed E-state index contributed by atoms with van der Waals surface area (Å²) in [5.74, 6) is 0. The van der Waals surface area contributed by atoms with Crippen LogP contribution in [-0.4, -0.2) is 34.7 Å². The Hall–Kier alpha value is -1.06. The Bertz CT molecular complexity index is 417. The van der Waals surface area contributed by atoms with E-state index in [9.17, 15) is 5.11 Å². The van der Waals surface area contributed by atoms with Gasteiger partial charge in [-0.2, -0.15) is 0 Å². The molecule has 1 heterocycles. The summed E-state index contributed by atoms with van der Waals surface area (Å²) in [6.07, 6.45) is 3.96. The zero-order chi connectivity index (χ0) is 12.5. The average molecular weight is 246 g/mol. The van der Waals surface area contributed by atoms with Crippen molar-refractivity contribution in [3.8, 4) is 0 Å². The Morgan fingerprint density at radius 3 is 2.83 bits per heavy atom. The van der Waals surface area contributed by atoms with E-state index in [0.29, 0.717) is 12.1 Å². The number of aliphatic hydroxyl groups excluding tert-OH is 1. The van der Waals surface area contributed by atoms with E-state index in [-0.39, 0.29) is 6.61 Å². The Morgan fingerprint density at radius 2 is 2.11 bits per heavy atom. The van der Waals surface area contributed by atoms with E-state index in [1.54, 1.807) is 0 Å². The molecule has 0 aromatic heterocycles. The number of anilines is 1. The Kier molecular flexibility index (Phi) is 3.27. The first-order chi connectivity index (χ1) is 8.78. The van der Waals surface area contributed by atoms with E-state index >= 15 is 0 Å². The fourth-order valence-corrected chi connectivity index (χ4v) is 3.09. The molecule has 3 heteroatoms. The van der Waals surface area contributed by atoms with Crippen LogP contribution in [0.15, 0.2) is 24.3 Å². The molecule has 1 aromatic carbocycles. The fourth-order valence-electron chi connectivity index (χ4n) is 3.09. The van der Waals surface area contributed by atoms with Gasteiger partial charge in [-0.3, -0.25) is 4.90 Å². The van der Waals surface area contributed by atoms with Crippen molar-refractivity contribution in [3.63, 3.8) is 0 Å². The lowest BCUT2D eigenvalue weighted by molar-refractivity contribution is 0.257. The number of hydrogen-bond donors (Lipinski definition) is 2. The minimum atomic E-state index is 0.109. The third-order valence-corrected chi connectivity index (χ3v) is 4.19. The Labute approximate surface area is 109 Å². The first-order valence-corrected chi connectivity index (χ1v) is 6.99. The predicted octanol–water partition coefficient (Wildman–Crippen LogP) is 2.22. The van der Waals surface area contributed by atoms with Crippen molar-refractivity contribution in [2.45, 2.75) is 50.9 Å². The number of aliphatic hydroxyl groups is 1. The lowest BCUT2D eigenvalue weighted by Gasteiger charge is -2.20. The van der Waals surface area contributed by atoms with Crippen molar-refractivity contribution < 1.29 is 5.11 Å². The van der Waals surface area contributed by atoms with E-state index in [0.717, 1.165) is 23.8 Å². The second-order valence-corrected chi connectivity index (χ2v) is 5.67. The molecular weight excluding hydrogens is 224 g/mol. The number of para-hydroxylation sites is 1. The number of likely N-dealkylation sites (tertiary alicyclic amines) is 1. The molecule has 1 aliphatic carbocycles. The highest BCUT2D eigenvalue weighted by atomic mass is 16.3. The van der Waals surface area contributed by atoms with Crippen molar-refractivity contribution in [1.82, 2.24) is 4.90 Å². The largest absolute Gasteiger partial charge is 0.392 e. The standard InChI is InChI=1S/C15H22N2O/c1-11-8-13(9-17(11)14-6-7-14)16-15-5-3-2-4-12(15)10-18/h2-5,11,13-14,16,18H,6-10H2,1H3. The van der Waals surface area contributed by atoms with Crippen LogP contribution in [0.4, 0.5) is 5.69 Å². The van der Waals surface area contributed by atoms with E-state index in [2.05, 4.69) is 23.2 Å². The highest BCUT2D eigenvalue weighted by Crippen LogP contribution is 2.34. The summed E-state index contributed by atoms with van der Waals surface area (Å²) in [6, 6.07) is 10.1. The van der Waals surface area contributed by atoms with Gasteiger partial charge in [0.1, 0.15) is 0 Å². The molecule has 0 spiro atoms. The zero-order valence-corrected chi connectivity index (χ0v) is 11.0. The molecule has 2 unspecified atom stereocenters. The Balaban J connectivity index is 1.66. The molecule has 2 fully saturated rings. The maximum Gasteiger partial charge on any atom is 0.0701 e. The molecule has 2 aliphatic rings. The van der Waals surface area contributed by atoms with Crippen LogP contribution in [0, 0.1) is 0 Å². The van der Waals surface area contributed by atoms with Crippen LogP contribution in [0.25, 0.3) is 0 Å². The summed E-state index contributed by atoms with van der Waals surface area (Å²) in [4.78, 5) is 2.64. The molecule has 0 bridgehead atoms. The number of hydrogen-bond acceptors (Lipinski definition) is 3. The number of rotatable bonds is 4. The summed E-state index contributed by atoms with van der Waals surface area (Å²) in [6.45, 7) is 3.58. The summed E-state index contributed by atoms with van der Waals surface area (Å²) in [5, 5.41) is 12.9. The quantitative estimate of drug-likeness (QED) is 0.855. The van der Waals surface area contributed by atoms with E-state index < -0.39 is 0 Å². The van der Waals surface area contributed by atoms with Gasteiger partial charge in [-0.05, 0) is 32.3 Å². The maximum absolute atomic E-state index is 9.34. The lowest BCUT2D eigenvalue weighted by Crippen LogP contribution is -2.31. The highest BCUT2D eigenvalue weighted by molar-refractivity contribution is 5.51. The topological polar surface area (TPSA) is 35.5 Å². The minimum Gasteiger partial charge on any atom is -0.392 e. The van der Waals surface area contributed by atoms with Gasteiger partial charge in [0.2, 0.25) is 0 Å². The molecule has 1 saturated carbocycles. The van der Waals surface area contributed by atoms with Crippen LogP contribution in [0.3, 0.4) is 0 Å². The average Bonchev–Trinajstić information content (AvgIpc) is 3.15. The molecule has 2 N–H and O–H groups in total. The molecule has 3 nitrogen and oxygen atoms in total. The van der Waals surface area contributed by atoms with E-state index in [1.165, 1.54) is 19.3 Å². The van der Waals surface area contributed by atoms with Crippen LogP contribution in [0.5, 0.6) is 0 Å². The summed E-state index contributed by atoms with van der Waals surface area (Å²) in [7, 11) is 0. The minimum absolute atomic E-state index is 0.109. The first kappa shape index (κ1) is 12.0. The Morgan fingerprint density at radius 1 is 1.33 bits per heavy atom. The third kappa shape index (κ3) is 2.38. The second kappa shape index (κ2) is 4.90. The van der Waals surface area contributed by atoms with Crippen molar-refractivity contribution in [1.29, 1.82) is 0 Å². The third-order valence-electron chi connectivity index (χ3n) is 4.19. The molecule has 1 saturated heterocycles. The number of benzene rings is 1. The monoisotopic (exact) mass is 246 g/mol. The van der Waals surface area contributed by atoms with Gasteiger partial charge >= 0.3 is 0 Å². The van der Waals surface area contributed by atoms with Gasteiger partial charge in [0.25, 0.3) is 0 Å². The van der Waals surface area contributed by atoms with Crippen molar-refractivity contribution in [3.05, 3.63) is 29.8 Å². The molecule has 3 rings (SSSR count). The smallest absolute Gasteiger partial charge is 0.0701 e. The van der Waals surface area contributed by atoms with Gasteiger partial charge in [-0.1, -0.05) is 18.2 Å². The molecular formula is C15H22N2O. The summed E-state index contributed by atoms with van der Waals surface area (Å²) in [5.41, 5.74) is 2.09. The van der Waals surface area contributed by atoms with Crippen LogP contribution < -0.4 is 5.32 Å². The van der Waals surface area contributed by atoms with Gasteiger partial charge in [0, 0.05) is 35.9 Å². The van der Waals surface area contributed by atoms with Crippen LogP contribution >= 0.6 is 0 Å². The number of nitrogens with zero attached hydrogens (tertiary/aromatic N) is 1. The highest BCUT2D eigenvalue weighted by Gasteiger charge is 2.38. The van der Waals surface area contributed by atoms with Crippen LogP contribution in [0.1, 0.15) is 31.7 Å². The van der Waals surface area contributed by atoms with E-state index in [1.807, 2.05) is 18.2 Å². The van der Waals surface area contributed by atoms with Crippen molar-refractivity contribution in [2.24, 2.45) is 0 Å². The molecule has 98 valence electrons. The molecule has 1 aliphatic heterocycles. The fraction of sp³-hybridized carbons (Fsp3) is 0.600. The predicted molar refractivity (Wildman–Crippen MR) is 73.6 cm³/mol. The molecule has 2 atom stereocenters. The van der Waals surface area contributed by atoms with Gasteiger partial charge in [0.15, 0.2) is 0 Å². The molecule has 18 heavy (non-hydrogen) atoms. The molecule has 1 aromatic rings. The van der Waals surface area contributed by atoms with Gasteiger partial charge < -0.3 is 10.4 Å². The van der Waals surface area contributed by atoms with Crippen molar-refractivity contribution in [2.75, 3.05) is 11.9 Å². The molecule has 0 radical (unpaired) electrons. The first-order valence-electron chi connectivity index (χ1n) is 6.99.